The number of hydrogen-bond acceptors (Lipinski definition) is 6. The Kier molecular flexibility index (Phi) is 6.18. The molecule has 0 unspecified atom stereocenters. The van der Waals surface area contributed by atoms with Gasteiger partial charge in [-0.05, 0) is 42.0 Å². The molecule has 1 aromatic heterocycles. The van der Waals surface area contributed by atoms with Crippen molar-refractivity contribution in [3.63, 3.8) is 0 Å². The van der Waals surface area contributed by atoms with E-state index < -0.39 is 0 Å². The number of benzene rings is 2. The van der Waals surface area contributed by atoms with Crippen LogP contribution in [0.2, 0.25) is 0 Å². The summed E-state index contributed by atoms with van der Waals surface area (Å²) in [5.41, 5.74) is 3.27. The minimum atomic E-state index is -0.376. The summed E-state index contributed by atoms with van der Waals surface area (Å²) in [7, 11) is 0. The molecule has 0 radical (unpaired) electrons. The number of carbonyl (C=O) groups excluding carboxylic acids is 3. The fraction of sp³-hybridized carbons (Fsp3) is 0.259. The lowest BCUT2D eigenvalue weighted by Gasteiger charge is -2.38. The van der Waals surface area contributed by atoms with E-state index in [-0.39, 0.29) is 30.1 Å². The van der Waals surface area contributed by atoms with E-state index >= 15 is 0 Å². The van der Waals surface area contributed by atoms with E-state index in [1.807, 2.05) is 54.6 Å². The summed E-state index contributed by atoms with van der Waals surface area (Å²) >= 11 is 0. The monoisotopic (exact) mass is 454 g/mol. The molecule has 2 aromatic carbocycles. The van der Waals surface area contributed by atoms with E-state index in [4.69, 9.17) is 0 Å². The smallest absolute Gasteiger partial charge is 0.247 e. The van der Waals surface area contributed by atoms with Gasteiger partial charge in [-0.3, -0.25) is 29.2 Å². The Balaban J connectivity index is 1.18. The van der Waals surface area contributed by atoms with Crippen LogP contribution < -0.4 is 4.90 Å². The lowest BCUT2D eigenvalue weighted by Crippen LogP contribution is -2.52. The minimum absolute atomic E-state index is 0.0248. The van der Waals surface area contributed by atoms with Gasteiger partial charge >= 0.3 is 0 Å². The average molecular weight is 455 g/mol. The normalized spacial score (nSPS) is 19.0. The number of pyridine rings is 1. The molecule has 34 heavy (non-hydrogen) atoms. The number of aromatic nitrogens is 1. The Morgan fingerprint density at radius 3 is 2.15 bits per heavy atom. The van der Waals surface area contributed by atoms with Crippen molar-refractivity contribution in [2.45, 2.75) is 19.0 Å². The molecule has 2 fully saturated rings. The summed E-state index contributed by atoms with van der Waals surface area (Å²) in [4.78, 5) is 47.9. The topological polar surface area (TPSA) is 73.8 Å². The van der Waals surface area contributed by atoms with E-state index in [9.17, 15) is 14.4 Å². The standard InChI is InChI=1S/C27H26N4O3/c32-25-18-24(27(34)31(25)19-20-4-2-1-3-5-20)30-16-14-29(15-17-30)23-8-6-21(7-9-23)26(33)22-10-12-28-13-11-22/h1-13,24H,14-19H2/t24-/m0/s1. The van der Waals surface area contributed by atoms with Crippen LogP contribution in [0.1, 0.15) is 27.9 Å². The van der Waals surface area contributed by atoms with Gasteiger partial charge in [-0.1, -0.05) is 30.3 Å². The van der Waals surface area contributed by atoms with Crippen LogP contribution in [0, 0.1) is 0 Å². The predicted molar refractivity (Wildman–Crippen MR) is 128 cm³/mol. The second kappa shape index (κ2) is 9.57. The number of amides is 2. The summed E-state index contributed by atoms with van der Waals surface area (Å²) in [5.74, 6) is -0.222. The van der Waals surface area contributed by atoms with Crippen LogP contribution in [0.5, 0.6) is 0 Å². The number of ketones is 1. The molecule has 7 heteroatoms. The van der Waals surface area contributed by atoms with Crippen molar-refractivity contribution in [1.29, 1.82) is 0 Å². The van der Waals surface area contributed by atoms with Gasteiger partial charge in [-0.15, -0.1) is 0 Å². The summed E-state index contributed by atoms with van der Waals surface area (Å²) < 4.78 is 0. The van der Waals surface area contributed by atoms with Crippen LogP contribution >= 0.6 is 0 Å². The fourth-order valence-corrected chi connectivity index (χ4v) is 4.67. The SMILES string of the molecule is O=C(c1ccncc1)c1ccc(N2CCN([C@H]3CC(=O)N(Cc4ccccc4)C3=O)CC2)cc1. The molecule has 5 rings (SSSR count). The number of imide groups is 1. The van der Waals surface area contributed by atoms with Crippen molar-refractivity contribution in [3.8, 4) is 0 Å². The molecule has 2 amide bonds. The van der Waals surface area contributed by atoms with Gasteiger partial charge in [0, 0.05) is 55.4 Å². The molecule has 2 aliphatic heterocycles. The number of nitrogens with zero attached hydrogens (tertiary/aromatic N) is 4. The fourth-order valence-electron chi connectivity index (χ4n) is 4.67. The largest absolute Gasteiger partial charge is 0.369 e. The molecule has 0 aliphatic carbocycles. The molecule has 0 spiro atoms. The molecular weight excluding hydrogens is 428 g/mol. The second-order valence-electron chi connectivity index (χ2n) is 8.66. The van der Waals surface area contributed by atoms with Crippen molar-refractivity contribution >= 4 is 23.3 Å². The molecule has 0 bridgehead atoms. The maximum atomic E-state index is 13.0. The zero-order valence-corrected chi connectivity index (χ0v) is 18.8. The van der Waals surface area contributed by atoms with Gasteiger partial charge in [0.1, 0.15) is 0 Å². The Labute approximate surface area is 198 Å². The summed E-state index contributed by atoms with van der Waals surface area (Å²) in [6.45, 7) is 3.27. The second-order valence-corrected chi connectivity index (χ2v) is 8.66. The van der Waals surface area contributed by atoms with E-state index in [1.165, 1.54) is 4.90 Å². The number of piperazine rings is 1. The van der Waals surface area contributed by atoms with E-state index in [2.05, 4.69) is 14.8 Å². The number of anilines is 1. The maximum absolute atomic E-state index is 13.0. The van der Waals surface area contributed by atoms with Gasteiger partial charge in [0.15, 0.2) is 5.78 Å². The van der Waals surface area contributed by atoms with Gasteiger partial charge in [-0.25, -0.2) is 0 Å². The highest BCUT2D eigenvalue weighted by molar-refractivity contribution is 6.09. The van der Waals surface area contributed by atoms with Crippen LogP contribution in [0.15, 0.2) is 79.1 Å². The van der Waals surface area contributed by atoms with Gasteiger partial charge in [0.2, 0.25) is 11.8 Å². The van der Waals surface area contributed by atoms with E-state index in [0.29, 0.717) is 30.8 Å². The highest BCUT2D eigenvalue weighted by atomic mass is 16.2. The van der Waals surface area contributed by atoms with Crippen molar-refractivity contribution in [1.82, 2.24) is 14.8 Å². The lowest BCUT2D eigenvalue weighted by atomic mass is 10.0. The van der Waals surface area contributed by atoms with Crippen molar-refractivity contribution < 1.29 is 14.4 Å². The van der Waals surface area contributed by atoms with Crippen LogP contribution in [0.4, 0.5) is 5.69 Å². The molecule has 0 N–H and O–H groups in total. The third-order valence-electron chi connectivity index (χ3n) is 6.60. The molecule has 2 aliphatic rings. The van der Waals surface area contributed by atoms with Crippen molar-refractivity contribution in [2.24, 2.45) is 0 Å². The van der Waals surface area contributed by atoms with Gasteiger partial charge in [-0.2, -0.15) is 0 Å². The van der Waals surface area contributed by atoms with E-state index in [0.717, 1.165) is 24.3 Å². The molecule has 3 aromatic rings. The number of likely N-dealkylation sites (tertiary alicyclic amines) is 1. The maximum Gasteiger partial charge on any atom is 0.247 e. The minimum Gasteiger partial charge on any atom is -0.369 e. The zero-order chi connectivity index (χ0) is 23.5. The van der Waals surface area contributed by atoms with Crippen LogP contribution in [0.3, 0.4) is 0 Å². The number of carbonyl (C=O) groups is 3. The average Bonchev–Trinajstić information content (AvgIpc) is 3.18. The first kappa shape index (κ1) is 22.0. The Bertz CT molecular complexity index is 1170. The van der Waals surface area contributed by atoms with Gasteiger partial charge in [0.05, 0.1) is 19.0 Å². The first-order valence-corrected chi connectivity index (χ1v) is 11.5. The number of rotatable bonds is 6. The van der Waals surface area contributed by atoms with Crippen molar-refractivity contribution in [2.75, 3.05) is 31.1 Å². The molecule has 2 saturated heterocycles. The molecule has 172 valence electrons. The zero-order valence-electron chi connectivity index (χ0n) is 18.8. The Morgan fingerprint density at radius 1 is 0.824 bits per heavy atom. The first-order valence-electron chi connectivity index (χ1n) is 11.5. The third-order valence-corrected chi connectivity index (χ3v) is 6.60. The first-order chi connectivity index (χ1) is 16.6. The van der Waals surface area contributed by atoms with Crippen LogP contribution in [-0.2, 0) is 16.1 Å². The predicted octanol–water partition coefficient (Wildman–Crippen LogP) is 2.76. The van der Waals surface area contributed by atoms with Crippen LogP contribution in [0.25, 0.3) is 0 Å². The molecule has 1 atom stereocenters. The van der Waals surface area contributed by atoms with Crippen LogP contribution in [-0.4, -0.2) is 64.6 Å². The summed E-state index contributed by atoms with van der Waals surface area (Å²) in [6.07, 6.45) is 3.48. The highest BCUT2D eigenvalue weighted by Crippen LogP contribution is 2.24. The molecule has 0 saturated carbocycles. The highest BCUT2D eigenvalue weighted by Gasteiger charge is 2.42. The Morgan fingerprint density at radius 2 is 1.47 bits per heavy atom. The summed E-state index contributed by atoms with van der Waals surface area (Å²) in [6, 6.07) is 20.3. The van der Waals surface area contributed by atoms with Crippen molar-refractivity contribution in [3.05, 3.63) is 95.8 Å². The van der Waals surface area contributed by atoms with E-state index in [1.54, 1.807) is 24.5 Å². The molecule has 7 nitrogen and oxygen atoms in total. The summed E-state index contributed by atoms with van der Waals surface area (Å²) in [5, 5.41) is 0. The third kappa shape index (κ3) is 4.47. The molecular formula is C27H26N4O3. The molecule has 3 heterocycles. The quantitative estimate of drug-likeness (QED) is 0.421. The van der Waals surface area contributed by atoms with Gasteiger partial charge < -0.3 is 4.90 Å². The lowest BCUT2D eigenvalue weighted by molar-refractivity contribution is -0.140. The number of hydrogen-bond donors (Lipinski definition) is 0. The Hall–Kier alpha value is -3.84. The van der Waals surface area contributed by atoms with Gasteiger partial charge in [0.25, 0.3) is 0 Å².